The van der Waals surface area contributed by atoms with E-state index >= 15 is 0 Å². The Bertz CT molecular complexity index is 626. The Morgan fingerprint density at radius 2 is 1.83 bits per heavy atom. The van der Waals surface area contributed by atoms with Crippen molar-refractivity contribution in [3.05, 3.63) is 52.1 Å². The third-order valence-electron chi connectivity index (χ3n) is 2.49. The lowest BCUT2D eigenvalue weighted by Gasteiger charge is -2.03. The molecule has 0 bridgehead atoms. The van der Waals surface area contributed by atoms with Crippen LogP contribution in [0.1, 0.15) is 10.4 Å². The molecule has 4 nitrogen and oxygen atoms in total. The second-order valence-electron chi connectivity index (χ2n) is 4.45. The Morgan fingerprint density at radius 3 is 2.30 bits per heavy atom. The quantitative estimate of drug-likeness (QED) is 0.239. The second-order valence-corrected chi connectivity index (χ2v) is 5.70. The van der Waals surface area contributed by atoms with Gasteiger partial charge < -0.3 is 22.0 Å². The van der Waals surface area contributed by atoms with E-state index in [-0.39, 0.29) is 5.97 Å². The third-order valence-corrected chi connectivity index (χ3v) is 3.21. The van der Waals surface area contributed by atoms with Gasteiger partial charge in [-0.2, -0.15) is 0 Å². The van der Waals surface area contributed by atoms with Gasteiger partial charge in [0.15, 0.2) is 0 Å². The van der Waals surface area contributed by atoms with Gasteiger partial charge in [-0.05, 0) is 46.9 Å². The van der Waals surface area contributed by atoms with Gasteiger partial charge in [0.1, 0.15) is 25.5 Å². The van der Waals surface area contributed by atoms with Crippen LogP contribution < -0.4 is 4.57 Å². The van der Waals surface area contributed by atoms with Crippen molar-refractivity contribution < 1.29 is 31.4 Å². The first-order valence-electron chi connectivity index (χ1n) is 6.46. The van der Waals surface area contributed by atoms with E-state index < -0.39 is 7.25 Å². The average molecular weight is 444 g/mol. The van der Waals surface area contributed by atoms with E-state index in [1.165, 1.54) is 0 Å². The van der Waals surface area contributed by atoms with Crippen LogP contribution in [0.15, 0.2) is 43.0 Å². The van der Waals surface area contributed by atoms with E-state index in [2.05, 4.69) is 22.6 Å². The van der Waals surface area contributed by atoms with Gasteiger partial charge in [0.05, 0.1) is 12.6 Å². The Hall–Kier alpha value is -1.59. The van der Waals surface area contributed by atoms with Crippen LogP contribution in [0.5, 0.6) is 0 Å². The number of halogens is 5. The molecule has 0 aliphatic carbocycles. The zero-order chi connectivity index (χ0) is 17.5. The van der Waals surface area contributed by atoms with Gasteiger partial charge in [0.2, 0.25) is 6.33 Å². The fourth-order valence-corrected chi connectivity index (χ4v) is 1.91. The van der Waals surface area contributed by atoms with Crippen LogP contribution in [0.2, 0.25) is 0 Å². The number of ether oxygens (including phenoxy) is 1. The number of esters is 1. The van der Waals surface area contributed by atoms with E-state index in [1.807, 2.05) is 47.0 Å². The van der Waals surface area contributed by atoms with E-state index in [9.17, 15) is 22.1 Å². The van der Waals surface area contributed by atoms with E-state index in [4.69, 9.17) is 4.74 Å². The number of imidazole rings is 1. The SMILES string of the molecule is C[n+]1ccn(CCOC(=O)c2ccc(I)cc2)c1.F[B-](F)(F)F. The number of hydrogen-bond donors (Lipinski definition) is 0. The minimum absolute atomic E-state index is 0.275. The van der Waals surface area contributed by atoms with Crippen molar-refractivity contribution in [2.24, 2.45) is 7.05 Å². The summed E-state index contributed by atoms with van der Waals surface area (Å²) in [5.41, 5.74) is 0.591. The normalized spacial score (nSPS) is 10.7. The highest BCUT2D eigenvalue weighted by Crippen LogP contribution is 2.08. The highest BCUT2D eigenvalue weighted by atomic mass is 127. The number of carbonyl (C=O) groups is 1. The van der Waals surface area contributed by atoms with Gasteiger partial charge in [0.25, 0.3) is 0 Å². The van der Waals surface area contributed by atoms with Crippen molar-refractivity contribution >= 4 is 35.8 Å². The molecule has 126 valence electrons. The molecule has 1 aromatic heterocycles. The molecule has 0 aliphatic heterocycles. The summed E-state index contributed by atoms with van der Waals surface area (Å²) in [6.45, 7) is 1.04. The molecule has 0 fully saturated rings. The van der Waals surface area contributed by atoms with Crippen LogP contribution in [0, 0.1) is 3.57 Å². The standard InChI is InChI=1S/C13H14IN2O2.BF4/c1-15-6-7-16(10-15)8-9-18-13(17)11-2-4-12(14)5-3-11;2-1(3,4)5/h2-7,10H,8-9H2,1H3;/q+1;-1. The van der Waals surface area contributed by atoms with E-state index in [0.717, 1.165) is 3.57 Å². The monoisotopic (exact) mass is 444 g/mol. The first-order chi connectivity index (χ1) is 10.6. The number of carbonyl (C=O) groups excluding carboxylic acids is 1. The molecule has 0 spiro atoms. The van der Waals surface area contributed by atoms with Gasteiger partial charge in [-0.15, -0.1) is 0 Å². The predicted molar refractivity (Wildman–Crippen MR) is 85.2 cm³/mol. The van der Waals surface area contributed by atoms with Crippen LogP contribution in [-0.2, 0) is 18.3 Å². The maximum absolute atomic E-state index is 11.7. The molecule has 0 amide bonds. The summed E-state index contributed by atoms with van der Waals surface area (Å²) in [6, 6.07) is 7.34. The molecule has 0 radical (unpaired) electrons. The van der Waals surface area contributed by atoms with Crippen molar-refractivity contribution in [3.8, 4) is 0 Å². The summed E-state index contributed by atoms with van der Waals surface area (Å²) in [5.74, 6) is -0.275. The Labute approximate surface area is 144 Å². The number of nitrogens with zero attached hydrogens (tertiary/aromatic N) is 2. The molecule has 10 heteroatoms. The molecule has 0 saturated carbocycles. The summed E-state index contributed by atoms with van der Waals surface area (Å²) in [6.07, 6.45) is 5.83. The van der Waals surface area contributed by atoms with Crippen LogP contribution in [-0.4, -0.2) is 24.4 Å². The number of benzene rings is 1. The molecule has 0 saturated heterocycles. The molecular weight excluding hydrogens is 430 g/mol. The predicted octanol–water partition coefficient (Wildman–Crippen LogP) is 3.07. The molecular formula is C13H14BF4IN2O2. The molecule has 1 aromatic carbocycles. The van der Waals surface area contributed by atoms with Gasteiger partial charge >= 0.3 is 13.2 Å². The first-order valence-corrected chi connectivity index (χ1v) is 7.54. The van der Waals surface area contributed by atoms with E-state index in [0.29, 0.717) is 18.7 Å². The maximum Gasteiger partial charge on any atom is 0.673 e. The molecule has 23 heavy (non-hydrogen) atoms. The van der Waals surface area contributed by atoms with Gasteiger partial charge in [-0.25, -0.2) is 13.9 Å². The number of rotatable bonds is 4. The molecule has 0 atom stereocenters. The highest BCUT2D eigenvalue weighted by molar-refractivity contribution is 14.1. The van der Waals surface area contributed by atoms with Crippen LogP contribution in [0.4, 0.5) is 17.3 Å². The van der Waals surface area contributed by atoms with Crippen LogP contribution >= 0.6 is 22.6 Å². The van der Waals surface area contributed by atoms with Crippen molar-refractivity contribution in [1.82, 2.24) is 4.57 Å². The van der Waals surface area contributed by atoms with Crippen molar-refractivity contribution in [2.75, 3.05) is 6.61 Å². The smallest absolute Gasteiger partial charge is 0.458 e. The fraction of sp³-hybridized carbons (Fsp3) is 0.231. The van der Waals surface area contributed by atoms with Crippen LogP contribution in [0.25, 0.3) is 0 Å². The first kappa shape index (κ1) is 19.5. The topological polar surface area (TPSA) is 35.1 Å². The second kappa shape index (κ2) is 8.89. The fourth-order valence-electron chi connectivity index (χ4n) is 1.55. The molecule has 2 rings (SSSR count). The van der Waals surface area contributed by atoms with Crippen LogP contribution in [0.3, 0.4) is 0 Å². The van der Waals surface area contributed by atoms with Gasteiger partial charge in [-0.3, -0.25) is 0 Å². The largest absolute Gasteiger partial charge is 0.673 e. The summed E-state index contributed by atoms with van der Waals surface area (Å²) in [5, 5.41) is 0. The number of aryl methyl sites for hydroxylation is 1. The maximum atomic E-state index is 11.7. The number of aromatic nitrogens is 2. The number of hydrogen-bond acceptors (Lipinski definition) is 2. The van der Waals surface area contributed by atoms with Crippen molar-refractivity contribution in [1.29, 1.82) is 0 Å². The Balaban J connectivity index is 0.000000463. The average Bonchev–Trinajstić information content (AvgIpc) is 2.83. The van der Waals surface area contributed by atoms with E-state index in [1.54, 1.807) is 12.1 Å². The minimum Gasteiger partial charge on any atom is -0.458 e. The van der Waals surface area contributed by atoms with Gasteiger partial charge in [0, 0.05) is 3.57 Å². The lowest BCUT2D eigenvalue weighted by atomic mass is 10.2. The molecule has 1 heterocycles. The zero-order valence-electron chi connectivity index (χ0n) is 12.1. The van der Waals surface area contributed by atoms with Gasteiger partial charge in [-0.1, -0.05) is 0 Å². The Morgan fingerprint density at radius 1 is 1.26 bits per heavy atom. The molecule has 0 unspecified atom stereocenters. The Kier molecular flexibility index (Phi) is 7.53. The lowest BCUT2D eigenvalue weighted by Crippen LogP contribution is -2.24. The highest BCUT2D eigenvalue weighted by Gasteiger charge is 2.20. The molecule has 2 aromatic rings. The molecule has 0 N–H and O–H groups in total. The third kappa shape index (κ3) is 9.21. The zero-order valence-corrected chi connectivity index (χ0v) is 14.3. The van der Waals surface area contributed by atoms with Crippen molar-refractivity contribution in [2.45, 2.75) is 6.54 Å². The van der Waals surface area contributed by atoms with Crippen molar-refractivity contribution in [3.63, 3.8) is 0 Å². The lowest BCUT2D eigenvalue weighted by molar-refractivity contribution is -0.671. The summed E-state index contributed by atoms with van der Waals surface area (Å²) in [7, 11) is -4.05. The summed E-state index contributed by atoms with van der Waals surface area (Å²) < 4.78 is 49.2. The summed E-state index contributed by atoms with van der Waals surface area (Å²) in [4.78, 5) is 11.7. The molecule has 0 aliphatic rings. The minimum atomic E-state index is -6.00. The summed E-state index contributed by atoms with van der Waals surface area (Å²) >= 11 is 2.20.